The van der Waals surface area contributed by atoms with Crippen molar-refractivity contribution in [3.63, 3.8) is 0 Å². The highest BCUT2D eigenvalue weighted by Crippen LogP contribution is 2.29. The Morgan fingerprint density at radius 3 is 2.45 bits per heavy atom. The summed E-state index contributed by atoms with van der Waals surface area (Å²) in [5.41, 5.74) is 1.02. The number of carbonyl (C=O) groups is 1. The summed E-state index contributed by atoms with van der Waals surface area (Å²) in [7, 11) is -0.687. The average molecular weight is 420 g/mol. The Labute approximate surface area is 170 Å². The van der Waals surface area contributed by atoms with E-state index in [9.17, 15) is 13.2 Å². The summed E-state index contributed by atoms with van der Waals surface area (Å²) in [5, 5.41) is 2.75. The third-order valence-electron chi connectivity index (χ3n) is 4.60. The van der Waals surface area contributed by atoms with E-state index < -0.39 is 10.0 Å². The maximum absolute atomic E-state index is 12.9. The number of amides is 1. The number of benzene rings is 2. The second-order valence-electron chi connectivity index (χ2n) is 6.42. The van der Waals surface area contributed by atoms with Gasteiger partial charge in [0.2, 0.25) is 15.9 Å². The van der Waals surface area contributed by atoms with Gasteiger partial charge in [0.1, 0.15) is 11.5 Å². The van der Waals surface area contributed by atoms with Gasteiger partial charge in [0.15, 0.2) is 0 Å². The highest BCUT2D eigenvalue weighted by Gasteiger charge is 2.27. The minimum atomic E-state index is -3.69. The zero-order chi connectivity index (χ0) is 20.9. The van der Waals surface area contributed by atoms with Crippen LogP contribution < -0.4 is 14.8 Å². The van der Waals surface area contributed by atoms with Crippen molar-refractivity contribution in [2.45, 2.75) is 11.3 Å². The van der Waals surface area contributed by atoms with Crippen LogP contribution in [0.5, 0.6) is 11.5 Å². The van der Waals surface area contributed by atoms with E-state index in [0.717, 1.165) is 5.56 Å². The Bertz CT molecular complexity index is 971. The number of nitrogens with one attached hydrogen (secondary N) is 1. The normalized spacial score (nSPS) is 15.0. The van der Waals surface area contributed by atoms with Crippen molar-refractivity contribution in [3.05, 3.63) is 48.0 Å². The van der Waals surface area contributed by atoms with Gasteiger partial charge in [-0.15, -0.1) is 0 Å². The van der Waals surface area contributed by atoms with Gasteiger partial charge in [-0.3, -0.25) is 4.79 Å². The third kappa shape index (κ3) is 4.87. The SMILES string of the molecule is COc1ccccc1CC(=O)Nc1cc(S(=O)(=O)N2CCOCC2)ccc1OC. The Morgan fingerprint density at radius 1 is 1.07 bits per heavy atom. The van der Waals surface area contributed by atoms with E-state index >= 15 is 0 Å². The number of carbonyl (C=O) groups excluding carboxylic acids is 1. The quantitative estimate of drug-likeness (QED) is 0.735. The molecule has 1 fully saturated rings. The van der Waals surface area contributed by atoms with E-state index in [-0.39, 0.29) is 17.2 Å². The molecule has 9 heteroatoms. The molecule has 1 aliphatic rings. The molecule has 0 aromatic heterocycles. The number of hydrogen-bond acceptors (Lipinski definition) is 6. The maximum atomic E-state index is 12.9. The predicted octanol–water partition coefficient (Wildman–Crippen LogP) is 1.91. The van der Waals surface area contributed by atoms with Crippen molar-refractivity contribution in [1.29, 1.82) is 0 Å². The minimum absolute atomic E-state index is 0.0770. The lowest BCUT2D eigenvalue weighted by Gasteiger charge is -2.26. The molecule has 3 rings (SSSR count). The molecule has 0 saturated carbocycles. The summed E-state index contributed by atoms with van der Waals surface area (Å²) in [6, 6.07) is 11.6. The zero-order valence-corrected chi connectivity index (χ0v) is 17.2. The van der Waals surface area contributed by atoms with Gasteiger partial charge in [0.05, 0.1) is 44.4 Å². The highest BCUT2D eigenvalue weighted by molar-refractivity contribution is 7.89. The first kappa shape index (κ1) is 21.1. The molecule has 0 aliphatic carbocycles. The molecule has 1 saturated heterocycles. The molecule has 0 bridgehead atoms. The van der Waals surface area contributed by atoms with E-state index in [1.807, 2.05) is 12.1 Å². The van der Waals surface area contributed by atoms with Crippen molar-refractivity contribution < 1.29 is 27.4 Å². The van der Waals surface area contributed by atoms with Crippen LogP contribution in [0.1, 0.15) is 5.56 Å². The fourth-order valence-corrected chi connectivity index (χ4v) is 4.53. The number of sulfonamides is 1. The molecule has 1 heterocycles. The molecule has 0 unspecified atom stereocenters. The monoisotopic (exact) mass is 420 g/mol. The number of ether oxygens (including phenoxy) is 3. The maximum Gasteiger partial charge on any atom is 0.243 e. The number of rotatable bonds is 7. The van der Waals surface area contributed by atoms with E-state index in [2.05, 4.69) is 5.32 Å². The number of methoxy groups -OCH3 is 2. The van der Waals surface area contributed by atoms with Crippen LogP contribution in [0.3, 0.4) is 0 Å². The molecule has 2 aromatic rings. The fourth-order valence-electron chi connectivity index (χ4n) is 3.10. The molecule has 0 spiro atoms. The van der Waals surface area contributed by atoms with Gasteiger partial charge in [-0.2, -0.15) is 4.31 Å². The van der Waals surface area contributed by atoms with E-state index in [4.69, 9.17) is 14.2 Å². The lowest BCUT2D eigenvalue weighted by molar-refractivity contribution is -0.115. The first-order chi connectivity index (χ1) is 14.0. The number of morpholine rings is 1. The van der Waals surface area contributed by atoms with Gasteiger partial charge >= 0.3 is 0 Å². The van der Waals surface area contributed by atoms with Crippen LogP contribution in [0.15, 0.2) is 47.4 Å². The van der Waals surface area contributed by atoms with Crippen LogP contribution in [-0.2, 0) is 26.0 Å². The number of anilines is 1. The van der Waals surface area contributed by atoms with Crippen LogP contribution in [0.25, 0.3) is 0 Å². The lowest BCUT2D eigenvalue weighted by atomic mass is 10.1. The molecular formula is C20H24N2O6S. The average Bonchev–Trinajstić information content (AvgIpc) is 2.74. The van der Waals surface area contributed by atoms with Crippen molar-refractivity contribution in [2.24, 2.45) is 0 Å². The predicted molar refractivity (Wildman–Crippen MR) is 108 cm³/mol. The molecule has 2 aromatic carbocycles. The van der Waals surface area contributed by atoms with Crippen molar-refractivity contribution in [3.8, 4) is 11.5 Å². The summed E-state index contributed by atoms with van der Waals surface area (Å²) >= 11 is 0. The summed E-state index contributed by atoms with van der Waals surface area (Å²) in [6.07, 6.45) is 0.0770. The first-order valence-corrected chi connectivity index (χ1v) is 10.6. The Kier molecular flexibility index (Phi) is 6.73. The first-order valence-electron chi connectivity index (χ1n) is 9.13. The largest absolute Gasteiger partial charge is 0.496 e. The van der Waals surface area contributed by atoms with Gasteiger partial charge in [-0.05, 0) is 24.3 Å². The Morgan fingerprint density at radius 2 is 1.76 bits per heavy atom. The lowest BCUT2D eigenvalue weighted by Crippen LogP contribution is -2.40. The molecule has 0 radical (unpaired) electrons. The molecule has 1 N–H and O–H groups in total. The van der Waals surface area contributed by atoms with Crippen LogP contribution in [0, 0.1) is 0 Å². The van der Waals surface area contributed by atoms with Crippen molar-refractivity contribution in [2.75, 3.05) is 45.8 Å². The zero-order valence-electron chi connectivity index (χ0n) is 16.4. The van der Waals surface area contributed by atoms with Gasteiger partial charge < -0.3 is 19.5 Å². The second kappa shape index (κ2) is 9.25. The number of nitrogens with zero attached hydrogens (tertiary/aromatic N) is 1. The van der Waals surface area contributed by atoms with Crippen molar-refractivity contribution in [1.82, 2.24) is 4.31 Å². The van der Waals surface area contributed by atoms with Crippen LogP contribution in [-0.4, -0.2) is 59.2 Å². The highest BCUT2D eigenvalue weighted by atomic mass is 32.2. The Balaban J connectivity index is 1.82. The van der Waals surface area contributed by atoms with Crippen LogP contribution in [0.4, 0.5) is 5.69 Å². The van der Waals surface area contributed by atoms with E-state index in [1.165, 1.54) is 29.6 Å². The molecule has 29 heavy (non-hydrogen) atoms. The Hall–Kier alpha value is -2.62. The second-order valence-corrected chi connectivity index (χ2v) is 8.35. The summed E-state index contributed by atoms with van der Waals surface area (Å²) in [6.45, 7) is 1.31. The van der Waals surface area contributed by atoms with Gasteiger partial charge in [0, 0.05) is 18.7 Å². The van der Waals surface area contributed by atoms with Crippen LogP contribution >= 0.6 is 0 Å². The van der Waals surface area contributed by atoms with Gasteiger partial charge in [0.25, 0.3) is 0 Å². The standard InChI is InChI=1S/C20H24N2O6S/c1-26-18-6-4-3-5-15(18)13-20(23)21-17-14-16(7-8-19(17)27-2)29(24,25)22-9-11-28-12-10-22/h3-8,14H,9-13H2,1-2H3,(H,21,23). The van der Waals surface area contributed by atoms with Crippen LogP contribution in [0.2, 0.25) is 0 Å². The van der Waals surface area contributed by atoms with Gasteiger partial charge in [-0.25, -0.2) is 8.42 Å². The smallest absolute Gasteiger partial charge is 0.243 e. The molecule has 156 valence electrons. The molecule has 0 atom stereocenters. The number of hydrogen-bond donors (Lipinski definition) is 1. The number of para-hydroxylation sites is 1. The molecule has 1 aliphatic heterocycles. The van der Waals surface area contributed by atoms with Gasteiger partial charge in [-0.1, -0.05) is 18.2 Å². The summed E-state index contributed by atoms with van der Waals surface area (Å²) in [5.74, 6) is 0.672. The summed E-state index contributed by atoms with van der Waals surface area (Å²) < 4.78 is 43.0. The topological polar surface area (TPSA) is 94.2 Å². The minimum Gasteiger partial charge on any atom is -0.496 e. The molecular weight excluding hydrogens is 396 g/mol. The van der Waals surface area contributed by atoms with E-state index in [0.29, 0.717) is 43.5 Å². The summed E-state index contributed by atoms with van der Waals surface area (Å²) in [4.78, 5) is 12.7. The molecule has 1 amide bonds. The fraction of sp³-hybridized carbons (Fsp3) is 0.350. The van der Waals surface area contributed by atoms with E-state index in [1.54, 1.807) is 19.2 Å². The molecule has 8 nitrogen and oxygen atoms in total. The van der Waals surface area contributed by atoms with Crippen molar-refractivity contribution >= 4 is 21.6 Å². The third-order valence-corrected chi connectivity index (χ3v) is 6.49.